The lowest BCUT2D eigenvalue weighted by atomic mass is 9.99. The number of carbonyl (C=O) groups excluding carboxylic acids is 1. The number of nitrogens with one attached hydrogen (secondary N) is 1. The number of hydrogen-bond acceptors (Lipinski definition) is 3. The van der Waals surface area contributed by atoms with Crippen molar-refractivity contribution in [3.8, 4) is 11.8 Å². The van der Waals surface area contributed by atoms with Crippen LogP contribution in [-0.4, -0.2) is 20.5 Å². The molecule has 0 saturated heterocycles. The van der Waals surface area contributed by atoms with Gasteiger partial charge in [0.25, 0.3) is 0 Å². The van der Waals surface area contributed by atoms with Crippen LogP contribution in [0.25, 0.3) is 22.7 Å². The normalized spacial score (nSPS) is 11.6. The Morgan fingerprint density at radius 3 is 2.48 bits per heavy atom. The third kappa shape index (κ3) is 3.15. The Morgan fingerprint density at radius 2 is 1.76 bits per heavy atom. The fourth-order valence-electron chi connectivity index (χ4n) is 3.68. The molecular formula is C24H20N4O. The van der Waals surface area contributed by atoms with E-state index in [9.17, 15) is 10.1 Å². The van der Waals surface area contributed by atoms with Gasteiger partial charge in [-0.1, -0.05) is 36.4 Å². The lowest BCUT2D eigenvalue weighted by Gasteiger charge is -2.04. The van der Waals surface area contributed by atoms with Crippen molar-refractivity contribution in [2.75, 3.05) is 0 Å². The number of para-hydroxylation sites is 2. The molecule has 1 N–H and O–H groups in total. The molecule has 0 saturated carbocycles. The number of fused-ring (bicyclic) bond motifs is 1. The second kappa shape index (κ2) is 7.25. The number of Topliss-reactive ketones (excluding diaryl/α,β-unsaturated/α-hetero) is 1. The van der Waals surface area contributed by atoms with E-state index in [0.29, 0.717) is 5.56 Å². The third-order valence-corrected chi connectivity index (χ3v) is 5.12. The first-order chi connectivity index (χ1) is 14.0. The van der Waals surface area contributed by atoms with Gasteiger partial charge in [-0.15, -0.1) is 0 Å². The second-order valence-electron chi connectivity index (χ2n) is 7.00. The Kier molecular flexibility index (Phi) is 4.61. The molecule has 0 radical (unpaired) electrons. The van der Waals surface area contributed by atoms with E-state index in [1.165, 1.54) is 0 Å². The van der Waals surface area contributed by atoms with Gasteiger partial charge < -0.3 is 4.98 Å². The largest absolute Gasteiger partial charge is 0.358 e. The number of benzene rings is 2. The minimum atomic E-state index is -0.284. The molecule has 0 aliphatic carbocycles. The molecule has 4 aromatic rings. The maximum Gasteiger partial charge on any atom is 0.205 e. The van der Waals surface area contributed by atoms with Crippen LogP contribution < -0.4 is 0 Å². The van der Waals surface area contributed by atoms with Crippen LogP contribution in [0.1, 0.15) is 33.0 Å². The minimum absolute atomic E-state index is 0.0941. The minimum Gasteiger partial charge on any atom is -0.358 e. The van der Waals surface area contributed by atoms with Crippen molar-refractivity contribution in [2.45, 2.75) is 20.8 Å². The summed E-state index contributed by atoms with van der Waals surface area (Å²) in [7, 11) is 0. The quantitative estimate of drug-likeness (QED) is 0.305. The SMILES string of the molecule is Cc1nn(-c2ccccc2)c(C)c1/C=C(\C#N)C(=O)c1c(C)[nH]c2ccccc12. The van der Waals surface area contributed by atoms with Crippen molar-refractivity contribution in [1.82, 2.24) is 14.8 Å². The first-order valence-corrected chi connectivity index (χ1v) is 9.36. The molecule has 0 unspecified atom stereocenters. The molecule has 0 aliphatic heterocycles. The Morgan fingerprint density at radius 1 is 1.07 bits per heavy atom. The highest BCUT2D eigenvalue weighted by Crippen LogP contribution is 2.26. The number of rotatable bonds is 4. The van der Waals surface area contributed by atoms with Crippen LogP contribution in [0.4, 0.5) is 0 Å². The second-order valence-corrected chi connectivity index (χ2v) is 7.00. The van der Waals surface area contributed by atoms with E-state index in [1.807, 2.05) is 80.1 Å². The van der Waals surface area contributed by atoms with Crippen LogP contribution in [0.3, 0.4) is 0 Å². The van der Waals surface area contributed by atoms with Crippen molar-refractivity contribution >= 4 is 22.8 Å². The summed E-state index contributed by atoms with van der Waals surface area (Å²) in [6.07, 6.45) is 1.65. The molecule has 2 aromatic heterocycles. The summed E-state index contributed by atoms with van der Waals surface area (Å²) in [5, 5.41) is 15.2. The predicted molar refractivity (Wildman–Crippen MR) is 114 cm³/mol. The van der Waals surface area contributed by atoms with E-state index in [-0.39, 0.29) is 11.4 Å². The van der Waals surface area contributed by atoms with Crippen LogP contribution in [0, 0.1) is 32.1 Å². The molecule has 0 atom stereocenters. The highest BCUT2D eigenvalue weighted by atomic mass is 16.1. The topological polar surface area (TPSA) is 74.5 Å². The van der Waals surface area contributed by atoms with E-state index in [2.05, 4.69) is 16.2 Å². The average molecular weight is 380 g/mol. The number of allylic oxidation sites excluding steroid dienone is 1. The number of aryl methyl sites for hydroxylation is 2. The summed E-state index contributed by atoms with van der Waals surface area (Å²) in [6.45, 7) is 5.68. The van der Waals surface area contributed by atoms with Crippen LogP contribution >= 0.6 is 0 Å². The molecule has 29 heavy (non-hydrogen) atoms. The lowest BCUT2D eigenvalue weighted by molar-refractivity contribution is 0.104. The van der Waals surface area contributed by atoms with Gasteiger partial charge in [0.2, 0.25) is 5.78 Å². The van der Waals surface area contributed by atoms with Crippen molar-refractivity contribution in [2.24, 2.45) is 0 Å². The zero-order chi connectivity index (χ0) is 20.5. The summed E-state index contributed by atoms with van der Waals surface area (Å²) in [5.41, 5.74) is 5.64. The highest BCUT2D eigenvalue weighted by Gasteiger charge is 2.21. The maximum absolute atomic E-state index is 13.2. The summed E-state index contributed by atoms with van der Waals surface area (Å²) in [6, 6.07) is 19.5. The number of carbonyl (C=O) groups is 1. The number of aromatic amines is 1. The summed E-state index contributed by atoms with van der Waals surface area (Å²) >= 11 is 0. The van der Waals surface area contributed by atoms with Crippen molar-refractivity contribution in [3.63, 3.8) is 0 Å². The van der Waals surface area contributed by atoms with E-state index in [1.54, 1.807) is 6.08 Å². The molecule has 0 fully saturated rings. The molecule has 142 valence electrons. The zero-order valence-electron chi connectivity index (χ0n) is 16.5. The van der Waals surface area contributed by atoms with Gasteiger partial charge in [-0.05, 0) is 45.0 Å². The Balaban J connectivity index is 1.81. The summed E-state index contributed by atoms with van der Waals surface area (Å²) in [4.78, 5) is 16.5. The molecule has 5 heteroatoms. The standard InChI is InChI=1S/C24H20N4O/c1-15-21(17(3)28(27-15)19-9-5-4-6-10-19)13-18(14-25)24(29)23-16(2)26-22-12-8-7-11-20(22)23/h4-13,26H,1-3H3/b18-13+. The van der Waals surface area contributed by atoms with E-state index in [4.69, 9.17) is 0 Å². The van der Waals surface area contributed by atoms with Crippen molar-refractivity contribution < 1.29 is 4.79 Å². The number of nitrogens with zero attached hydrogens (tertiary/aromatic N) is 3. The number of nitriles is 1. The monoisotopic (exact) mass is 380 g/mol. The van der Waals surface area contributed by atoms with Gasteiger partial charge in [-0.2, -0.15) is 10.4 Å². The van der Waals surface area contributed by atoms with Crippen LogP contribution in [0.2, 0.25) is 0 Å². The smallest absolute Gasteiger partial charge is 0.205 e. The van der Waals surface area contributed by atoms with Crippen molar-refractivity contribution in [1.29, 1.82) is 5.26 Å². The van der Waals surface area contributed by atoms with Gasteiger partial charge >= 0.3 is 0 Å². The predicted octanol–water partition coefficient (Wildman–Crippen LogP) is 5.07. The molecule has 0 spiro atoms. The number of ketones is 1. The fraction of sp³-hybridized carbons (Fsp3) is 0.125. The average Bonchev–Trinajstić information content (AvgIpc) is 3.21. The van der Waals surface area contributed by atoms with Crippen LogP contribution in [0.15, 0.2) is 60.2 Å². The van der Waals surface area contributed by atoms with Crippen molar-refractivity contribution in [3.05, 3.63) is 88.4 Å². The molecule has 2 aromatic carbocycles. The molecular weight excluding hydrogens is 360 g/mol. The first kappa shape index (κ1) is 18.5. The van der Waals surface area contributed by atoms with Gasteiger partial charge in [0.15, 0.2) is 0 Å². The van der Waals surface area contributed by atoms with Crippen LogP contribution in [0.5, 0.6) is 0 Å². The van der Waals surface area contributed by atoms with Gasteiger partial charge in [-0.25, -0.2) is 4.68 Å². The number of aromatic nitrogens is 3. The fourth-order valence-corrected chi connectivity index (χ4v) is 3.68. The molecule has 4 rings (SSSR count). The highest BCUT2D eigenvalue weighted by molar-refractivity contribution is 6.20. The molecule has 0 bridgehead atoms. The lowest BCUT2D eigenvalue weighted by Crippen LogP contribution is -2.04. The molecule has 2 heterocycles. The van der Waals surface area contributed by atoms with E-state index >= 15 is 0 Å². The van der Waals surface area contributed by atoms with Gasteiger partial charge in [-0.3, -0.25) is 4.79 Å². The van der Waals surface area contributed by atoms with Gasteiger partial charge in [0, 0.05) is 27.9 Å². The Bertz CT molecular complexity index is 1300. The number of hydrogen-bond donors (Lipinski definition) is 1. The van der Waals surface area contributed by atoms with Gasteiger partial charge in [0.1, 0.15) is 11.6 Å². The summed E-state index contributed by atoms with van der Waals surface area (Å²) < 4.78 is 1.83. The number of H-pyrrole nitrogens is 1. The van der Waals surface area contributed by atoms with E-state index in [0.717, 1.165) is 39.2 Å². The molecule has 5 nitrogen and oxygen atoms in total. The third-order valence-electron chi connectivity index (χ3n) is 5.12. The molecule has 0 amide bonds. The van der Waals surface area contributed by atoms with E-state index < -0.39 is 0 Å². The van der Waals surface area contributed by atoms with Crippen LogP contribution in [-0.2, 0) is 0 Å². The Hall–Kier alpha value is -3.91. The Labute approximate surface area is 168 Å². The zero-order valence-corrected chi connectivity index (χ0v) is 16.5. The molecule has 0 aliphatic rings. The maximum atomic E-state index is 13.2. The van der Waals surface area contributed by atoms with Gasteiger partial charge in [0.05, 0.1) is 16.9 Å². The first-order valence-electron chi connectivity index (χ1n) is 9.36. The summed E-state index contributed by atoms with van der Waals surface area (Å²) in [5.74, 6) is -0.284.